The lowest BCUT2D eigenvalue weighted by atomic mass is 9.63. The number of benzene rings is 2. The summed E-state index contributed by atoms with van der Waals surface area (Å²) in [6.45, 7) is 6.86. The van der Waals surface area contributed by atoms with Crippen molar-refractivity contribution in [3.63, 3.8) is 0 Å². The van der Waals surface area contributed by atoms with Gasteiger partial charge < -0.3 is 18.4 Å². The maximum Gasteiger partial charge on any atom is 0.321 e. The van der Waals surface area contributed by atoms with E-state index < -0.39 is 5.41 Å². The molecule has 0 amide bonds. The number of nitrogens with zero attached hydrogens (tertiary/aromatic N) is 2. The van der Waals surface area contributed by atoms with Gasteiger partial charge in [-0.2, -0.15) is 0 Å². The molecule has 5 aliphatic rings. The number of rotatable bonds is 7. The summed E-state index contributed by atoms with van der Waals surface area (Å²) in [6.07, 6.45) is 9.75. The summed E-state index contributed by atoms with van der Waals surface area (Å²) >= 11 is 0. The van der Waals surface area contributed by atoms with Crippen LogP contribution in [0.4, 0.5) is 0 Å². The van der Waals surface area contributed by atoms with Gasteiger partial charge in [-0.05, 0) is 43.4 Å². The van der Waals surface area contributed by atoms with E-state index in [1.54, 1.807) is 0 Å². The summed E-state index contributed by atoms with van der Waals surface area (Å²) in [7, 11) is 4.78. The Kier molecular flexibility index (Phi) is 7.68. The molecule has 0 aromatic heterocycles. The van der Waals surface area contributed by atoms with E-state index in [0.29, 0.717) is 37.0 Å². The zero-order chi connectivity index (χ0) is 30.7. The highest BCUT2D eigenvalue weighted by Crippen LogP contribution is 2.50. The SMILES string of the molecule is CC[N+]1(C)[C@H]2CC[C@H]1CC(OC(=O)[C@@H]1CC[C@@](C(=O)OC3C[C@H]4CC[C@@H](C3)[N+]4(C)CC)(c3ccccc3)c3ccccc31)C2. The number of carbonyl (C=O) groups excluding carboxylic acids is 2. The quantitative estimate of drug-likeness (QED) is 0.278. The van der Waals surface area contributed by atoms with E-state index in [0.717, 1.165) is 64.4 Å². The Morgan fingerprint density at radius 3 is 1.75 bits per heavy atom. The fraction of sp³-hybridized carbons (Fsp3) is 0.632. The zero-order valence-corrected chi connectivity index (χ0v) is 27.3. The second-order valence-corrected chi connectivity index (χ2v) is 15.1. The second-order valence-electron chi connectivity index (χ2n) is 15.1. The van der Waals surface area contributed by atoms with E-state index in [4.69, 9.17) is 9.47 Å². The first-order valence-electron chi connectivity index (χ1n) is 17.5. The number of hydrogen-bond acceptors (Lipinski definition) is 4. The molecule has 4 bridgehead atoms. The van der Waals surface area contributed by atoms with Crippen LogP contribution in [0.25, 0.3) is 0 Å². The molecule has 0 N–H and O–H groups in total. The van der Waals surface area contributed by atoms with Gasteiger partial charge in [0, 0.05) is 51.4 Å². The molecule has 1 aliphatic carbocycles. The smallest absolute Gasteiger partial charge is 0.321 e. The maximum absolute atomic E-state index is 14.6. The van der Waals surface area contributed by atoms with Gasteiger partial charge in [0.1, 0.15) is 17.6 Å². The highest BCUT2D eigenvalue weighted by Gasteiger charge is 2.55. The van der Waals surface area contributed by atoms with Crippen molar-refractivity contribution in [3.05, 3.63) is 71.3 Å². The van der Waals surface area contributed by atoms with E-state index >= 15 is 0 Å². The minimum atomic E-state index is -0.932. The Labute approximate surface area is 263 Å². The van der Waals surface area contributed by atoms with Gasteiger partial charge in [-0.3, -0.25) is 9.59 Å². The fourth-order valence-electron chi connectivity index (χ4n) is 10.5. The van der Waals surface area contributed by atoms with Crippen LogP contribution in [0.1, 0.15) is 101 Å². The minimum Gasteiger partial charge on any atom is -0.461 e. The van der Waals surface area contributed by atoms with Crippen molar-refractivity contribution in [2.75, 3.05) is 27.2 Å². The summed E-state index contributed by atoms with van der Waals surface area (Å²) in [5, 5.41) is 0. The summed E-state index contributed by atoms with van der Waals surface area (Å²) in [6, 6.07) is 20.5. The molecule has 4 fully saturated rings. The normalized spacial score (nSPS) is 40.7. The van der Waals surface area contributed by atoms with Crippen LogP contribution in [-0.2, 0) is 24.5 Å². The molecule has 2 aromatic carbocycles. The van der Waals surface area contributed by atoms with Crippen LogP contribution in [-0.4, -0.2) is 84.5 Å². The summed E-state index contributed by atoms with van der Waals surface area (Å²) in [5.41, 5.74) is 1.86. The van der Waals surface area contributed by atoms with Gasteiger partial charge in [0.15, 0.2) is 0 Å². The molecule has 2 aromatic rings. The minimum absolute atomic E-state index is 0.00966. The Hall–Kier alpha value is -2.70. The third kappa shape index (κ3) is 4.57. The molecule has 0 radical (unpaired) electrons. The maximum atomic E-state index is 14.6. The van der Waals surface area contributed by atoms with Crippen LogP contribution < -0.4 is 0 Å². The number of quaternary nitrogens is 2. The van der Waals surface area contributed by atoms with Crippen molar-refractivity contribution >= 4 is 11.9 Å². The highest BCUT2D eigenvalue weighted by molar-refractivity contribution is 5.91. The third-order valence-corrected chi connectivity index (χ3v) is 13.6. The van der Waals surface area contributed by atoms with Gasteiger partial charge in [0.2, 0.25) is 0 Å². The summed E-state index contributed by atoms with van der Waals surface area (Å²) in [4.78, 5) is 28.6. The summed E-state index contributed by atoms with van der Waals surface area (Å²) in [5.74, 6) is -0.638. The number of hydrogen-bond donors (Lipinski definition) is 0. The molecular formula is C38H52N2O4+2. The van der Waals surface area contributed by atoms with Gasteiger partial charge in [0.25, 0.3) is 0 Å². The predicted octanol–water partition coefficient (Wildman–Crippen LogP) is 6.26. The van der Waals surface area contributed by atoms with Crippen molar-refractivity contribution < 1.29 is 28.0 Å². The molecule has 4 heterocycles. The molecule has 7 rings (SSSR count). The van der Waals surface area contributed by atoms with Gasteiger partial charge in [0.05, 0.1) is 57.3 Å². The molecular weight excluding hydrogens is 548 g/mol. The molecule has 8 atom stereocenters. The van der Waals surface area contributed by atoms with Crippen LogP contribution in [0.2, 0.25) is 0 Å². The fourth-order valence-corrected chi connectivity index (χ4v) is 10.5. The third-order valence-electron chi connectivity index (χ3n) is 13.6. The lowest BCUT2D eigenvalue weighted by Gasteiger charge is -2.47. The number of piperidine rings is 2. The largest absolute Gasteiger partial charge is 0.461 e. The molecule has 0 spiro atoms. The van der Waals surface area contributed by atoms with Crippen LogP contribution in [0.5, 0.6) is 0 Å². The Bertz CT molecular complexity index is 1360. The first kappa shape index (κ1) is 30.0. The Morgan fingerprint density at radius 2 is 1.20 bits per heavy atom. The van der Waals surface area contributed by atoms with Crippen molar-refractivity contribution in [2.24, 2.45) is 0 Å². The van der Waals surface area contributed by atoms with Gasteiger partial charge in [-0.25, -0.2) is 0 Å². The molecule has 6 heteroatoms. The predicted molar refractivity (Wildman–Crippen MR) is 171 cm³/mol. The second kappa shape index (κ2) is 11.3. The number of ether oxygens (including phenoxy) is 2. The van der Waals surface area contributed by atoms with E-state index in [2.05, 4.69) is 46.1 Å². The highest BCUT2D eigenvalue weighted by atomic mass is 16.5. The number of carbonyl (C=O) groups is 2. The van der Waals surface area contributed by atoms with Gasteiger partial charge in [-0.15, -0.1) is 0 Å². The molecule has 4 saturated heterocycles. The monoisotopic (exact) mass is 600 g/mol. The average Bonchev–Trinajstić information content (AvgIpc) is 3.29. The molecule has 236 valence electrons. The lowest BCUT2D eigenvalue weighted by Crippen LogP contribution is -2.59. The van der Waals surface area contributed by atoms with E-state index in [1.165, 1.54) is 25.7 Å². The Morgan fingerprint density at radius 1 is 0.705 bits per heavy atom. The van der Waals surface area contributed by atoms with Gasteiger partial charge in [-0.1, -0.05) is 54.6 Å². The number of esters is 2. The lowest BCUT2D eigenvalue weighted by molar-refractivity contribution is -0.947. The van der Waals surface area contributed by atoms with E-state index in [1.807, 2.05) is 36.4 Å². The topological polar surface area (TPSA) is 52.6 Å². The average molecular weight is 601 g/mol. The van der Waals surface area contributed by atoms with E-state index in [9.17, 15) is 9.59 Å². The van der Waals surface area contributed by atoms with Crippen LogP contribution in [0.15, 0.2) is 54.6 Å². The first-order chi connectivity index (χ1) is 21.2. The zero-order valence-electron chi connectivity index (χ0n) is 27.3. The van der Waals surface area contributed by atoms with Crippen molar-refractivity contribution in [1.82, 2.24) is 0 Å². The molecule has 44 heavy (non-hydrogen) atoms. The van der Waals surface area contributed by atoms with Crippen LogP contribution >= 0.6 is 0 Å². The van der Waals surface area contributed by atoms with Crippen molar-refractivity contribution in [1.29, 1.82) is 0 Å². The van der Waals surface area contributed by atoms with Crippen LogP contribution in [0.3, 0.4) is 0 Å². The first-order valence-corrected chi connectivity index (χ1v) is 17.5. The molecule has 6 nitrogen and oxygen atoms in total. The van der Waals surface area contributed by atoms with E-state index in [-0.39, 0.29) is 30.1 Å². The standard InChI is InChI=1S/C38H52N2O4/c1-5-39(3)27-16-17-28(39)23-31(22-27)43-36(41)34-20-21-38(26-12-8-7-9-13-26,35-15-11-10-14-33(34)35)37(42)44-32-24-29-18-19-30(25-32)40(29,4)6-2/h7-15,27-32,34H,5-6,16-25H2,1-4H3/q+2/t27-,28-,29-,30+,31?,32?,34+,38+,39?,40?/m0/s1. The van der Waals surface area contributed by atoms with Gasteiger partial charge >= 0.3 is 11.9 Å². The Balaban J connectivity index is 1.15. The van der Waals surface area contributed by atoms with Crippen molar-refractivity contribution in [2.45, 2.75) is 126 Å². The molecule has 2 unspecified atom stereocenters. The van der Waals surface area contributed by atoms with Crippen LogP contribution in [0, 0.1) is 0 Å². The summed E-state index contributed by atoms with van der Waals surface area (Å²) < 4.78 is 15.2. The number of fused-ring (bicyclic) bond motifs is 5. The van der Waals surface area contributed by atoms with Crippen molar-refractivity contribution in [3.8, 4) is 0 Å². The molecule has 0 saturated carbocycles. The molecule has 4 aliphatic heterocycles.